The van der Waals surface area contributed by atoms with Gasteiger partial charge in [-0.15, -0.1) is 0 Å². The van der Waals surface area contributed by atoms with Gasteiger partial charge in [-0.2, -0.15) is 18.4 Å². The Hall–Kier alpha value is -2.96. The van der Waals surface area contributed by atoms with Crippen LogP contribution in [0.2, 0.25) is 0 Å². The number of alkyl halides is 3. The highest BCUT2D eigenvalue weighted by molar-refractivity contribution is 5.81. The summed E-state index contributed by atoms with van der Waals surface area (Å²) in [4.78, 5) is 29.1. The summed E-state index contributed by atoms with van der Waals surface area (Å²) in [5.74, 6) is -0.543. The van der Waals surface area contributed by atoms with Crippen LogP contribution >= 0.6 is 0 Å². The summed E-state index contributed by atoms with van der Waals surface area (Å²) in [7, 11) is 1.56. The van der Waals surface area contributed by atoms with Gasteiger partial charge in [0.05, 0.1) is 23.1 Å². The first-order valence-electron chi connectivity index (χ1n) is 11.8. The molecule has 1 atom stereocenters. The Kier molecular flexibility index (Phi) is 6.65. The van der Waals surface area contributed by atoms with Gasteiger partial charge in [-0.25, -0.2) is 4.79 Å². The Labute approximate surface area is 197 Å². The molecule has 10 heteroatoms. The number of nitrogens with zero attached hydrogens (tertiary/aromatic N) is 3. The number of nitriles is 1. The topological polar surface area (TPSA) is 88.5 Å². The fourth-order valence-corrected chi connectivity index (χ4v) is 5.76. The van der Waals surface area contributed by atoms with E-state index in [1.807, 2.05) is 4.90 Å². The minimum absolute atomic E-state index is 0.0741. The van der Waals surface area contributed by atoms with E-state index in [0.717, 1.165) is 31.7 Å². The van der Waals surface area contributed by atoms with Crippen molar-refractivity contribution in [3.8, 4) is 6.07 Å². The van der Waals surface area contributed by atoms with E-state index in [1.54, 1.807) is 18.0 Å². The van der Waals surface area contributed by atoms with Gasteiger partial charge in [0, 0.05) is 50.4 Å². The number of carbonyl (C=O) groups excluding carboxylic acids is 2. The van der Waals surface area contributed by atoms with Gasteiger partial charge < -0.3 is 20.4 Å². The van der Waals surface area contributed by atoms with E-state index in [1.165, 1.54) is 12.1 Å². The molecule has 1 spiro atoms. The van der Waals surface area contributed by atoms with Crippen molar-refractivity contribution in [2.75, 3.05) is 38.1 Å². The predicted molar refractivity (Wildman–Crippen MR) is 120 cm³/mol. The number of piperidine rings is 1. The molecule has 3 fully saturated rings. The van der Waals surface area contributed by atoms with Crippen LogP contribution in [0.25, 0.3) is 0 Å². The summed E-state index contributed by atoms with van der Waals surface area (Å²) in [5.41, 5.74) is -1.48. The Morgan fingerprint density at radius 1 is 1.18 bits per heavy atom. The zero-order valence-corrected chi connectivity index (χ0v) is 19.2. The molecule has 2 N–H and O–H groups in total. The molecule has 2 heterocycles. The van der Waals surface area contributed by atoms with Gasteiger partial charge in [0.15, 0.2) is 0 Å². The lowest BCUT2D eigenvalue weighted by Crippen LogP contribution is -2.52. The summed E-state index contributed by atoms with van der Waals surface area (Å²) in [5, 5.41) is 14.9. The van der Waals surface area contributed by atoms with Crippen LogP contribution in [0.4, 0.5) is 23.7 Å². The van der Waals surface area contributed by atoms with Crippen molar-refractivity contribution >= 4 is 17.6 Å². The van der Waals surface area contributed by atoms with Gasteiger partial charge in [0.1, 0.15) is 0 Å². The number of likely N-dealkylation sites (tertiary alicyclic amines) is 1. The van der Waals surface area contributed by atoms with Gasteiger partial charge in [0.25, 0.3) is 0 Å². The number of benzene rings is 1. The van der Waals surface area contributed by atoms with E-state index >= 15 is 0 Å². The molecule has 4 rings (SSSR count). The van der Waals surface area contributed by atoms with Crippen LogP contribution in [-0.2, 0) is 11.0 Å². The summed E-state index contributed by atoms with van der Waals surface area (Å²) in [6.07, 6.45) is 0.816. The molecule has 7 nitrogen and oxygen atoms in total. The van der Waals surface area contributed by atoms with E-state index in [0.29, 0.717) is 38.2 Å². The molecule has 0 aromatic heterocycles. The third-order valence-corrected chi connectivity index (χ3v) is 7.73. The Bertz CT molecular complexity index is 976. The Morgan fingerprint density at radius 3 is 2.44 bits per heavy atom. The maximum atomic E-state index is 13.5. The lowest BCUT2D eigenvalue weighted by Gasteiger charge is -2.42. The lowest BCUT2D eigenvalue weighted by molar-refractivity contribution is -0.137. The number of nitrogens with one attached hydrogen (secondary N) is 2. The minimum Gasteiger partial charge on any atom is -0.370 e. The van der Waals surface area contributed by atoms with E-state index < -0.39 is 28.6 Å². The first kappa shape index (κ1) is 24.2. The molecule has 34 heavy (non-hydrogen) atoms. The zero-order chi connectivity index (χ0) is 24.5. The largest absolute Gasteiger partial charge is 0.417 e. The Morgan fingerprint density at radius 2 is 1.85 bits per heavy atom. The normalized spacial score (nSPS) is 22.6. The van der Waals surface area contributed by atoms with Crippen LogP contribution < -0.4 is 15.5 Å². The molecule has 2 aliphatic heterocycles. The number of urea groups is 1. The highest BCUT2D eigenvalue weighted by Gasteiger charge is 2.51. The number of anilines is 1. The average molecular weight is 478 g/mol. The van der Waals surface area contributed by atoms with E-state index in [-0.39, 0.29) is 24.5 Å². The molecule has 0 radical (unpaired) electrons. The van der Waals surface area contributed by atoms with E-state index in [2.05, 4.69) is 10.6 Å². The SMILES string of the molecule is CNC(=O)C1CN(c2ccc(C#N)c(C(F)(F)F)c2)CC12CCN(C(=O)NC1CCCC1)CC2. The van der Waals surface area contributed by atoms with Crippen LogP contribution in [0.5, 0.6) is 0 Å². The standard InChI is InChI=1S/C24H30F3N5O2/c1-29-21(33)20-14-32(18-7-6-16(13-28)19(12-18)24(25,26)27)15-23(20)8-10-31(11-9-23)22(34)30-17-4-2-3-5-17/h6-7,12,17,20H,2-5,8-11,14-15H2,1H3,(H,29,33)(H,30,34). The van der Waals surface area contributed by atoms with Crippen molar-refractivity contribution in [2.24, 2.45) is 11.3 Å². The molecule has 1 aromatic carbocycles. The van der Waals surface area contributed by atoms with Crippen LogP contribution in [0, 0.1) is 22.7 Å². The second-order valence-electron chi connectivity index (χ2n) is 9.67. The van der Waals surface area contributed by atoms with Crippen molar-refractivity contribution in [1.82, 2.24) is 15.5 Å². The Balaban J connectivity index is 1.52. The molecular formula is C24H30F3N5O2. The maximum absolute atomic E-state index is 13.5. The molecule has 1 aromatic rings. The van der Waals surface area contributed by atoms with Crippen molar-refractivity contribution in [3.05, 3.63) is 29.3 Å². The number of rotatable bonds is 3. The predicted octanol–water partition coefficient (Wildman–Crippen LogP) is 3.49. The van der Waals surface area contributed by atoms with Crippen LogP contribution in [0.1, 0.15) is 49.7 Å². The molecule has 3 amide bonds. The molecule has 1 saturated carbocycles. The van der Waals surface area contributed by atoms with Gasteiger partial charge in [-0.05, 0) is 43.9 Å². The molecule has 3 aliphatic rings. The number of amides is 3. The number of carbonyl (C=O) groups is 2. The van der Waals surface area contributed by atoms with Crippen LogP contribution in [0.15, 0.2) is 18.2 Å². The molecule has 1 aliphatic carbocycles. The van der Waals surface area contributed by atoms with Crippen molar-refractivity contribution < 1.29 is 22.8 Å². The number of hydrogen-bond donors (Lipinski definition) is 2. The van der Waals surface area contributed by atoms with Gasteiger partial charge in [-0.3, -0.25) is 4.79 Å². The van der Waals surface area contributed by atoms with Gasteiger partial charge in [0.2, 0.25) is 5.91 Å². The molecule has 1 unspecified atom stereocenters. The zero-order valence-electron chi connectivity index (χ0n) is 19.2. The summed E-state index contributed by atoms with van der Waals surface area (Å²) in [6.45, 7) is 1.71. The maximum Gasteiger partial charge on any atom is 0.417 e. The second-order valence-corrected chi connectivity index (χ2v) is 9.67. The fraction of sp³-hybridized carbons (Fsp3) is 0.625. The van der Waals surface area contributed by atoms with E-state index in [4.69, 9.17) is 5.26 Å². The van der Waals surface area contributed by atoms with Crippen LogP contribution in [-0.4, -0.2) is 56.1 Å². The average Bonchev–Trinajstić information content (AvgIpc) is 3.46. The first-order chi connectivity index (χ1) is 16.2. The van der Waals surface area contributed by atoms with Crippen molar-refractivity contribution in [2.45, 2.75) is 50.7 Å². The number of halogens is 3. The first-order valence-corrected chi connectivity index (χ1v) is 11.8. The fourth-order valence-electron chi connectivity index (χ4n) is 5.76. The van der Waals surface area contributed by atoms with Gasteiger partial charge >= 0.3 is 12.2 Å². The third kappa shape index (κ3) is 4.65. The third-order valence-electron chi connectivity index (χ3n) is 7.73. The van der Waals surface area contributed by atoms with Crippen molar-refractivity contribution in [1.29, 1.82) is 5.26 Å². The smallest absolute Gasteiger partial charge is 0.370 e. The van der Waals surface area contributed by atoms with E-state index in [9.17, 15) is 22.8 Å². The lowest BCUT2D eigenvalue weighted by atomic mass is 9.70. The molecule has 0 bridgehead atoms. The van der Waals surface area contributed by atoms with Crippen LogP contribution in [0.3, 0.4) is 0 Å². The minimum atomic E-state index is -4.64. The monoisotopic (exact) mass is 477 g/mol. The molecule has 2 saturated heterocycles. The van der Waals surface area contributed by atoms with Crippen molar-refractivity contribution in [3.63, 3.8) is 0 Å². The van der Waals surface area contributed by atoms with Gasteiger partial charge in [-0.1, -0.05) is 12.8 Å². The summed E-state index contributed by atoms with van der Waals surface area (Å²) < 4.78 is 40.5. The number of hydrogen-bond acceptors (Lipinski definition) is 4. The molecule has 184 valence electrons. The quantitative estimate of drug-likeness (QED) is 0.698. The highest BCUT2D eigenvalue weighted by atomic mass is 19.4. The summed E-state index contributed by atoms with van der Waals surface area (Å²) in [6, 6.07) is 5.46. The second kappa shape index (κ2) is 9.35. The highest BCUT2D eigenvalue weighted by Crippen LogP contribution is 2.47. The molecular weight excluding hydrogens is 447 g/mol. The summed E-state index contributed by atoms with van der Waals surface area (Å²) >= 11 is 0.